The van der Waals surface area contributed by atoms with Crippen LogP contribution < -0.4 is 4.74 Å². The number of oxazole rings is 1. The molecule has 0 amide bonds. The minimum Gasteiger partial charge on any atom is -0.417 e. The molecule has 0 spiro atoms. The predicted octanol–water partition coefficient (Wildman–Crippen LogP) is 0.693. The third kappa shape index (κ3) is 1.74. The van der Waals surface area contributed by atoms with Gasteiger partial charge in [-0.2, -0.15) is 10.1 Å². The Morgan fingerprint density at radius 1 is 1.64 bits per heavy atom. The lowest BCUT2D eigenvalue weighted by Gasteiger charge is -1.93. The largest absolute Gasteiger partial charge is 0.417 e. The summed E-state index contributed by atoms with van der Waals surface area (Å²) in [5, 5.41) is 12.6. The molecule has 0 aliphatic rings. The van der Waals surface area contributed by atoms with E-state index in [1.54, 1.807) is 24.1 Å². The topological polar surface area (TPSA) is 73.3 Å². The summed E-state index contributed by atoms with van der Waals surface area (Å²) in [5.41, 5.74) is 0.434. The Bertz CT molecular complexity index is 421. The fourth-order valence-corrected chi connectivity index (χ4v) is 0.960. The minimum absolute atomic E-state index is 0.0991. The Balaban J connectivity index is 2.10. The van der Waals surface area contributed by atoms with Gasteiger partial charge in [-0.3, -0.25) is 4.68 Å². The number of aromatic nitrogens is 3. The highest BCUT2D eigenvalue weighted by atomic mass is 16.6. The van der Waals surface area contributed by atoms with Crippen molar-refractivity contribution in [2.24, 2.45) is 7.05 Å². The van der Waals surface area contributed by atoms with E-state index in [0.29, 0.717) is 11.4 Å². The van der Waals surface area contributed by atoms with Crippen molar-refractivity contribution in [3.63, 3.8) is 0 Å². The van der Waals surface area contributed by atoms with Gasteiger partial charge >= 0.3 is 6.08 Å². The lowest BCUT2D eigenvalue weighted by Crippen LogP contribution is -1.86. The average molecular weight is 195 g/mol. The van der Waals surface area contributed by atoms with Gasteiger partial charge in [0.25, 0.3) is 0 Å². The lowest BCUT2D eigenvalue weighted by atomic mass is 10.5. The van der Waals surface area contributed by atoms with Gasteiger partial charge in [0.1, 0.15) is 12.0 Å². The van der Waals surface area contributed by atoms with Crippen LogP contribution in [0.4, 0.5) is 0 Å². The van der Waals surface area contributed by atoms with Crippen LogP contribution in [0.15, 0.2) is 23.1 Å². The molecule has 74 valence electrons. The summed E-state index contributed by atoms with van der Waals surface area (Å²) in [6.07, 6.45) is 4.67. The molecule has 6 nitrogen and oxygen atoms in total. The fraction of sp³-hybridized carbons (Fsp3) is 0.250. The van der Waals surface area contributed by atoms with Crippen molar-refractivity contribution in [3.05, 3.63) is 24.4 Å². The van der Waals surface area contributed by atoms with E-state index in [9.17, 15) is 0 Å². The molecule has 0 aliphatic carbocycles. The fourth-order valence-electron chi connectivity index (χ4n) is 0.960. The maximum Gasteiger partial charge on any atom is 0.399 e. The Labute approximate surface area is 79.7 Å². The highest BCUT2D eigenvalue weighted by Crippen LogP contribution is 2.19. The molecule has 1 N–H and O–H groups in total. The number of ether oxygens (including phenoxy) is 1. The van der Waals surface area contributed by atoms with Gasteiger partial charge in [0.05, 0.1) is 19.0 Å². The molecule has 2 aromatic rings. The summed E-state index contributed by atoms with van der Waals surface area (Å²) >= 11 is 0. The van der Waals surface area contributed by atoms with Crippen LogP contribution in [0.3, 0.4) is 0 Å². The van der Waals surface area contributed by atoms with Crippen LogP contribution in [0.5, 0.6) is 11.8 Å². The minimum atomic E-state index is -0.167. The van der Waals surface area contributed by atoms with Gasteiger partial charge in [-0.25, -0.2) is 0 Å². The number of rotatable bonds is 3. The Morgan fingerprint density at radius 2 is 2.50 bits per heavy atom. The summed E-state index contributed by atoms with van der Waals surface area (Å²) < 4.78 is 11.8. The second-order valence-electron chi connectivity index (χ2n) is 2.71. The summed E-state index contributed by atoms with van der Waals surface area (Å²) in [5.74, 6) is 0.541. The molecule has 2 heterocycles. The summed E-state index contributed by atoms with van der Waals surface area (Å²) in [6, 6.07) is 0. The highest BCUT2D eigenvalue weighted by molar-refractivity contribution is 5.16. The Kier molecular flexibility index (Phi) is 2.19. The van der Waals surface area contributed by atoms with Crippen molar-refractivity contribution in [2.45, 2.75) is 6.61 Å². The molecular formula is C8H9N3O3. The molecule has 6 heteroatoms. The number of aryl methyl sites for hydroxylation is 1. The van der Waals surface area contributed by atoms with E-state index in [1.807, 2.05) is 0 Å². The van der Waals surface area contributed by atoms with Gasteiger partial charge in [0.2, 0.25) is 0 Å². The first-order valence-electron chi connectivity index (χ1n) is 3.99. The first-order valence-corrected chi connectivity index (χ1v) is 3.99. The van der Waals surface area contributed by atoms with E-state index in [1.165, 1.54) is 6.26 Å². The van der Waals surface area contributed by atoms with Gasteiger partial charge in [0.15, 0.2) is 5.75 Å². The third-order valence-electron chi connectivity index (χ3n) is 1.58. The van der Waals surface area contributed by atoms with Crippen LogP contribution in [0.1, 0.15) is 5.69 Å². The Hall–Kier alpha value is -1.82. The van der Waals surface area contributed by atoms with Crippen molar-refractivity contribution in [2.75, 3.05) is 0 Å². The normalized spacial score (nSPS) is 10.4. The SMILES string of the molecule is Cn1cc(Oc2nc(CO)co2)cn1. The molecule has 0 bridgehead atoms. The third-order valence-corrected chi connectivity index (χ3v) is 1.58. The summed E-state index contributed by atoms with van der Waals surface area (Å²) in [7, 11) is 1.78. The van der Waals surface area contributed by atoms with Crippen LogP contribution in [0.2, 0.25) is 0 Å². The number of hydrogen-bond acceptors (Lipinski definition) is 5. The predicted molar refractivity (Wildman–Crippen MR) is 45.7 cm³/mol. The number of aliphatic hydroxyl groups excluding tert-OH is 1. The molecule has 0 saturated heterocycles. The maximum atomic E-state index is 8.73. The van der Waals surface area contributed by atoms with E-state index in [-0.39, 0.29) is 12.7 Å². The van der Waals surface area contributed by atoms with Gasteiger partial charge in [0, 0.05) is 7.05 Å². The molecule has 2 aromatic heterocycles. The van der Waals surface area contributed by atoms with Gasteiger partial charge in [-0.05, 0) is 0 Å². The maximum absolute atomic E-state index is 8.73. The zero-order chi connectivity index (χ0) is 9.97. The van der Waals surface area contributed by atoms with E-state index in [4.69, 9.17) is 14.3 Å². The smallest absolute Gasteiger partial charge is 0.399 e. The van der Waals surface area contributed by atoms with Gasteiger partial charge in [-0.1, -0.05) is 0 Å². The molecule has 0 aliphatic heterocycles. The molecule has 0 unspecified atom stereocenters. The lowest BCUT2D eigenvalue weighted by molar-refractivity contribution is 0.276. The first kappa shape index (κ1) is 8.76. The highest BCUT2D eigenvalue weighted by Gasteiger charge is 2.06. The number of hydrogen-bond donors (Lipinski definition) is 1. The molecule has 0 fully saturated rings. The summed E-state index contributed by atoms with van der Waals surface area (Å²) in [4.78, 5) is 3.86. The zero-order valence-electron chi connectivity index (χ0n) is 7.54. The zero-order valence-corrected chi connectivity index (χ0v) is 7.54. The average Bonchev–Trinajstić information content (AvgIpc) is 2.76. The standard InChI is InChI=1S/C8H9N3O3/c1-11-3-7(2-9-11)14-8-10-6(4-12)5-13-8/h2-3,5,12H,4H2,1H3. The van der Waals surface area contributed by atoms with E-state index in [0.717, 1.165) is 0 Å². The monoisotopic (exact) mass is 195 g/mol. The molecule has 0 saturated carbocycles. The van der Waals surface area contributed by atoms with Crippen LogP contribution in [0.25, 0.3) is 0 Å². The molecule has 0 atom stereocenters. The quantitative estimate of drug-likeness (QED) is 0.780. The van der Waals surface area contributed by atoms with E-state index >= 15 is 0 Å². The van der Waals surface area contributed by atoms with E-state index in [2.05, 4.69) is 10.1 Å². The second kappa shape index (κ2) is 3.51. The first-order chi connectivity index (χ1) is 6.78. The van der Waals surface area contributed by atoms with Crippen molar-refractivity contribution in [1.82, 2.24) is 14.8 Å². The molecule has 0 aromatic carbocycles. The van der Waals surface area contributed by atoms with Gasteiger partial charge < -0.3 is 14.3 Å². The van der Waals surface area contributed by atoms with Crippen LogP contribution in [-0.4, -0.2) is 19.9 Å². The van der Waals surface area contributed by atoms with Crippen molar-refractivity contribution < 1.29 is 14.3 Å². The van der Waals surface area contributed by atoms with Crippen molar-refractivity contribution in [3.8, 4) is 11.8 Å². The van der Waals surface area contributed by atoms with E-state index < -0.39 is 0 Å². The second-order valence-corrected chi connectivity index (χ2v) is 2.71. The number of nitrogens with zero attached hydrogens (tertiary/aromatic N) is 3. The van der Waals surface area contributed by atoms with Crippen LogP contribution in [0, 0.1) is 0 Å². The van der Waals surface area contributed by atoms with Crippen molar-refractivity contribution >= 4 is 0 Å². The van der Waals surface area contributed by atoms with Crippen LogP contribution >= 0.6 is 0 Å². The van der Waals surface area contributed by atoms with Crippen LogP contribution in [-0.2, 0) is 13.7 Å². The molecule has 14 heavy (non-hydrogen) atoms. The molecule has 0 radical (unpaired) electrons. The summed E-state index contributed by atoms with van der Waals surface area (Å²) in [6.45, 7) is -0.167. The molecular weight excluding hydrogens is 186 g/mol. The van der Waals surface area contributed by atoms with Crippen molar-refractivity contribution in [1.29, 1.82) is 0 Å². The molecule has 2 rings (SSSR count). The Morgan fingerprint density at radius 3 is 3.07 bits per heavy atom. The number of aliphatic hydroxyl groups is 1. The van der Waals surface area contributed by atoms with Gasteiger partial charge in [-0.15, -0.1) is 0 Å².